The SMILES string of the molecule is CCCCCCCCCCC(=O)N1C[C@@]2(C)C[C@H]1CC(C)(C)C2. The summed E-state index contributed by atoms with van der Waals surface area (Å²) in [4.78, 5) is 14.9. The van der Waals surface area contributed by atoms with Gasteiger partial charge in [-0.15, -0.1) is 0 Å². The lowest BCUT2D eigenvalue weighted by atomic mass is 9.65. The van der Waals surface area contributed by atoms with Gasteiger partial charge in [0.05, 0.1) is 0 Å². The molecule has 1 aliphatic heterocycles. The van der Waals surface area contributed by atoms with E-state index in [1.165, 1.54) is 64.2 Å². The van der Waals surface area contributed by atoms with Gasteiger partial charge >= 0.3 is 0 Å². The highest BCUT2D eigenvalue weighted by atomic mass is 16.2. The lowest BCUT2D eigenvalue weighted by molar-refractivity contribution is -0.132. The maximum Gasteiger partial charge on any atom is 0.222 e. The van der Waals surface area contributed by atoms with E-state index in [4.69, 9.17) is 0 Å². The number of amides is 1. The van der Waals surface area contributed by atoms with Gasteiger partial charge in [0.1, 0.15) is 0 Å². The number of unbranched alkanes of at least 4 members (excludes halogenated alkanes) is 7. The third kappa shape index (κ3) is 5.50. The van der Waals surface area contributed by atoms with Gasteiger partial charge in [0.2, 0.25) is 5.91 Å². The molecule has 2 aliphatic rings. The highest BCUT2D eigenvalue weighted by Crippen LogP contribution is 2.52. The predicted octanol–water partition coefficient (Wildman–Crippen LogP) is 5.94. The van der Waals surface area contributed by atoms with E-state index >= 15 is 0 Å². The molecule has 1 aliphatic carbocycles. The molecular formula is C21H39NO. The third-order valence-corrected chi connectivity index (χ3v) is 5.98. The van der Waals surface area contributed by atoms with Crippen molar-refractivity contribution in [1.82, 2.24) is 4.90 Å². The summed E-state index contributed by atoms with van der Waals surface area (Å²) in [6.07, 6.45) is 15.0. The second kappa shape index (κ2) is 8.03. The zero-order valence-electron chi connectivity index (χ0n) is 16.1. The van der Waals surface area contributed by atoms with Crippen molar-refractivity contribution in [3.63, 3.8) is 0 Å². The van der Waals surface area contributed by atoms with Crippen LogP contribution in [0.15, 0.2) is 0 Å². The Morgan fingerprint density at radius 1 is 0.957 bits per heavy atom. The molecule has 0 radical (unpaired) electrons. The number of hydrogen-bond donors (Lipinski definition) is 0. The van der Waals surface area contributed by atoms with Gasteiger partial charge < -0.3 is 4.90 Å². The Kier molecular flexibility index (Phi) is 6.57. The van der Waals surface area contributed by atoms with E-state index in [1.807, 2.05) is 0 Å². The van der Waals surface area contributed by atoms with Crippen LogP contribution < -0.4 is 0 Å². The second-order valence-electron chi connectivity index (χ2n) is 9.46. The quantitative estimate of drug-likeness (QED) is 0.481. The number of carbonyl (C=O) groups excluding carboxylic acids is 1. The summed E-state index contributed by atoms with van der Waals surface area (Å²) in [5.74, 6) is 0.433. The Morgan fingerprint density at radius 2 is 1.57 bits per heavy atom. The smallest absolute Gasteiger partial charge is 0.222 e. The molecule has 0 N–H and O–H groups in total. The summed E-state index contributed by atoms with van der Waals surface area (Å²) in [6, 6.07) is 0.519. The molecule has 0 aromatic rings. The number of rotatable bonds is 9. The lowest BCUT2D eigenvalue weighted by Gasteiger charge is -2.39. The molecule has 0 unspecified atom stereocenters. The molecule has 2 bridgehead atoms. The normalized spacial score (nSPS) is 29.0. The molecule has 23 heavy (non-hydrogen) atoms. The van der Waals surface area contributed by atoms with Gasteiger partial charge in [-0.1, -0.05) is 72.6 Å². The molecule has 2 atom stereocenters. The van der Waals surface area contributed by atoms with Crippen LogP contribution in [0.25, 0.3) is 0 Å². The minimum Gasteiger partial charge on any atom is -0.339 e. The average Bonchev–Trinajstić information content (AvgIpc) is 2.70. The Hall–Kier alpha value is -0.530. The Bertz CT molecular complexity index is 389. The molecule has 2 fully saturated rings. The molecule has 2 heteroatoms. The summed E-state index contributed by atoms with van der Waals surface area (Å²) < 4.78 is 0. The van der Waals surface area contributed by atoms with Crippen molar-refractivity contribution in [2.75, 3.05) is 6.54 Å². The molecule has 0 aromatic heterocycles. The molecule has 1 saturated carbocycles. The molecule has 134 valence electrons. The Morgan fingerprint density at radius 3 is 2.22 bits per heavy atom. The van der Waals surface area contributed by atoms with Gasteiger partial charge in [-0.25, -0.2) is 0 Å². The van der Waals surface area contributed by atoms with Gasteiger partial charge in [-0.05, 0) is 36.5 Å². The minimum atomic E-state index is 0.376. The minimum absolute atomic E-state index is 0.376. The monoisotopic (exact) mass is 321 g/mol. The van der Waals surface area contributed by atoms with Crippen molar-refractivity contribution in [1.29, 1.82) is 0 Å². The first-order valence-corrected chi connectivity index (χ1v) is 10.1. The van der Waals surface area contributed by atoms with E-state index in [1.54, 1.807) is 0 Å². The van der Waals surface area contributed by atoms with Crippen molar-refractivity contribution in [2.24, 2.45) is 10.8 Å². The van der Waals surface area contributed by atoms with Crippen LogP contribution in [-0.2, 0) is 4.79 Å². The molecule has 1 heterocycles. The molecule has 1 saturated heterocycles. The molecule has 2 nitrogen and oxygen atoms in total. The second-order valence-corrected chi connectivity index (χ2v) is 9.46. The topological polar surface area (TPSA) is 20.3 Å². The lowest BCUT2D eigenvalue weighted by Crippen LogP contribution is -2.37. The summed E-state index contributed by atoms with van der Waals surface area (Å²) in [5.41, 5.74) is 0.784. The number of fused-ring (bicyclic) bond motifs is 2. The van der Waals surface area contributed by atoms with Crippen LogP contribution in [0.3, 0.4) is 0 Å². The van der Waals surface area contributed by atoms with Gasteiger partial charge in [-0.2, -0.15) is 0 Å². The zero-order valence-corrected chi connectivity index (χ0v) is 16.1. The fourth-order valence-corrected chi connectivity index (χ4v) is 5.31. The maximum atomic E-state index is 12.6. The van der Waals surface area contributed by atoms with Crippen LogP contribution in [0.2, 0.25) is 0 Å². The summed E-state index contributed by atoms with van der Waals surface area (Å²) in [5, 5.41) is 0. The summed E-state index contributed by atoms with van der Waals surface area (Å²) in [7, 11) is 0. The average molecular weight is 322 g/mol. The molecule has 1 amide bonds. The van der Waals surface area contributed by atoms with Gasteiger partial charge in [-0.3, -0.25) is 4.79 Å². The summed E-state index contributed by atoms with van der Waals surface area (Å²) in [6.45, 7) is 10.4. The molecule has 0 aromatic carbocycles. The van der Waals surface area contributed by atoms with E-state index in [9.17, 15) is 4.79 Å². The van der Waals surface area contributed by atoms with E-state index < -0.39 is 0 Å². The molecule has 2 rings (SSSR count). The van der Waals surface area contributed by atoms with Crippen molar-refractivity contribution in [2.45, 2.75) is 111 Å². The van der Waals surface area contributed by atoms with Gasteiger partial charge in [0.15, 0.2) is 0 Å². The number of hydrogen-bond acceptors (Lipinski definition) is 1. The van der Waals surface area contributed by atoms with Crippen LogP contribution in [-0.4, -0.2) is 23.4 Å². The first-order valence-electron chi connectivity index (χ1n) is 10.1. The van der Waals surface area contributed by atoms with Gasteiger partial charge in [0.25, 0.3) is 0 Å². The fraction of sp³-hybridized carbons (Fsp3) is 0.952. The van der Waals surface area contributed by atoms with Crippen LogP contribution in [0.4, 0.5) is 0 Å². The van der Waals surface area contributed by atoms with Crippen LogP contribution in [0.5, 0.6) is 0 Å². The zero-order chi connectivity index (χ0) is 16.9. The van der Waals surface area contributed by atoms with Crippen molar-refractivity contribution < 1.29 is 4.79 Å². The molecule has 0 spiro atoms. The van der Waals surface area contributed by atoms with Gasteiger partial charge in [0, 0.05) is 19.0 Å². The van der Waals surface area contributed by atoms with Crippen LogP contribution in [0, 0.1) is 10.8 Å². The highest BCUT2D eigenvalue weighted by Gasteiger charge is 2.50. The van der Waals surface area contributed by atoms with Crippen LogP contribution in [0.1, 0.15) is 105 Å². The maximum absolute atomic E-state index is 12.6. The number of carbonyl (C=O) groups is 1. The summed E-state index contributed by atoms with van der Waals surface area (Å²) >= 11 is 0. The van der Waals surface area contributed by atoms with E-state index in [-0.39, 0.29) is 0 Å². The molecular weight excluding hydrogens is 282 g/mol. The van der Waals surface area contributed by atoms with Crippen molar-refractivity contribution in [3.8, 4) is 0 Å². The number of likely N-dealkylation sites (tertiary alicyclic amines) is 1. The Balaban J connectivity index is 1.65. The third-order valence-electron chi connectivity index (χ3n) is 5.98. The van der Waals surface area contributed by atoms with Crippen LogP contribution >= 0.6 is 0 Å². The fourth-order valence-electron chi connectivity index (χ4n) is 5.31. The predicted molar refractivity (Wildman–Crippen MR) is 98.5 cm³/mol. The van der Waals surface area contributed by atoms with E-state index in [0.717, 1.165) is 19.4 Å². The first-order chi connectivity index (χ1) is 10.9. The largest absolute Gasteiger partial charge is 0.339 e. The highest BCUT2D eigenvalue weighted by molar-refractivity contribution is 5.77. The van der Waals surface area contributed by atoms with E-state index in [0.29, 0.717) is 22.8 Å². The standard InChI is InChI=1S/C21H39NO/c1-5-6-7-8-9-10-11-12-13-19(23)22-17-21(4)15-18(22)14-20(2,3)16-21/h18H,5-17H2,1-4H3/t18-,21+/m1/s1. The first kappa shape index (κ1) is 18.8. The van der Waals surface area contributed by atoms with Crippen molar-refractivity contribution >= 4 is 5.91 Å². The van der Waals surface area contributed by atoms with E-state index in [2.05, 4.69) is 32.6 Å². The Labute approximate surface area is 144 Å². The van der Waals surface area contributed by atoms with Crippen molar-refractivity contribution in [3.05, 3.63) is 0 Å². The number of nitrogens with zero attached hydrogens (tertiary/aromatic N) is 1.